The van der Waals surface area contributed by atoms with Crippen molar-refractivity contribution in [1.82, 2.24) is 10.6 Å². The molecule has 0 aliphatic heterocycles. The summed E-state index contributed by atoms with van der Waals surface area (Å²) in [5, 5.41) is 16.5. The maximum Gasteiger partial charge on any atom is 0.309 e. The zero-order valence-electron chi connectivity index (χ0n) is 15.3. The SMILES string of the molecule is Cc1ccc(CNC(=O)C(=O)NCC(C)(O)c2cc3ccccc3o2)cc1. The molecule has 2 aromatic carbocycles. The molecule has 3 N–H and O–H groups in total. The van der Waals surface area contributed by atoms with Crippen molar-refractivity contribution >= 4 is 22.8 Å². The molecule has 1 aromatic heterocycles. The fraction of sp³-hybridized carbons (Fsp3) is 0.238. The minimum Gasteiger partial charge on any atom is -0.458 e. The molecule has 0 radical (unpaired) electrons. The number of furan rings is 1. The van der Waals surface area contributed by atoms with Gasteiger partial charge < -0.3 is 20.2 Å². The Morgan fingerprint density at radius 2 is 1.70 bits per heavy atom. The van der Waals surface area contributed by atoms with E-state index in [-0.39, 0.29) is 13.1 Å². The molecule has 3 aromatic rings. The Hall–Kier alpha value is -3.12. The summed E-state index contributed by atoms with van der Waals surface area (Å²) in [5.41, 5.74) is 1.23. The van der Waals surface area contributed by atoms with Gasteiger partial charge in [0.2, 0.25) is 0 Å². The highest BCUT2D eigenvalue weighted by Crippen LogP contribution is 2.27. The van der Waals surface area contributed by atoms with Gasteiger partial charge in [-0.15, -0.1) is 0 Å². The standard InChI is InChI=1S/C21H22N2O4/c1-14-7-9-15(10-8-14)12-22-19(24)20(25)23-13-21(2,26)18-11-16-5-3-4-6-17(16)27-18/h3-11,26H,12-13H2,1-2H3,(H,22,24)(H,23,25). The molecule has 0 saturated carbocycles. The topological polar surface area (TPSA) is 91.6 Å². The maximum atomic E-state index is 12.0. The van der Waals surface area contributed by atoms with Gasteiger partial charge in [0.15, 0.2) is 0 Å². The van der Waals surface area contributed by atoms with Crippen molar-refractivity contribution in [1.29, 1.82) is 0 Å². The average Bonchev–Trinajstić information content (AvgIpc) is 3.10. The lowest BCUT2D eigenvalue weighted by Gasteiger charge is -2.20. The van der Waals surface area contributed by atoms with Crippen LogP contribution in [0.5, 0.6) is 0 Å². The number of carbonyl (C=O) groups is 2. The smallest absolute Gasteiger partial charge is 0.309 e. The van der Waals surface area contributed by atoms with Crippen LogP contribution in [-0.2, 0) is 21.7 Å². The Morgan fingerprint density at radius 1 is 1.04 bits per heavy atom. The van der Waals surface area contributed by atoms with Gasteiger partial charge in [0.05, 0.1) is 6.54 Å². The summed E-state index contributed by atoms with van der Waals surface area (Å²) in [4.78, 5) is 24.0. The zero-order chi connectivity index (χ0) is 19.4. The van der Waals surface area contributed by atoms with Crippen molar-refractivity contribution < 1.29 is 19.1 Å². The summed E-state index contributed by atoms with van der Waals surface area (Å²) in [6, 6.07) is 16.7. The van der Waals surface area contributed by atoms with Crippen molar-refractivity contribution in [3.8, 4) is 0 Å². The average molecular weight is 366 g/mol. The molecule has 1 unspecified atom stereocenters. The third kappa shape index (κ3) is 4.54. The molecule has 1 atom stereocenters. The number of para-hydroxylation sites is 1. The number of rotatable bonds is 5. The summed E-state index contributed by atoms with van der Waals surface area (Å²) in [6.45, 7) is 3.61. The second kappa shape index (κ2) is 7.63. The zero-order valence-corrected chi connectivity index (χ0v) is 15.3. The van der Waals surface area contributed by atoms with Crippen molar-refractivity contribution in [2.45, 2.75) is 26.0 Å². The Kier molecular flexibility index (Phi) is 5.28. The normalized spacial score (nSPS) is 13.1. The minimum atomic E-state index is -1.44. The number of benzene rings is 2. The Labute approximate surface area is 157 Å². The summed E-state index contributed by atoms with van der Waals surface area (Å²) in [5.74, 6) is -1.24. The number of aliphatic hydroxyl groups is 1. The molecule has 0 bridgehead atoms. The summed E-state index contributed by atoms with van der Waals surface area (Å²) in [6.07, 6.45) is 0. The van der Waals surface area contributed by atoms with Crippen LogP contribution in [0.15, 0.2) is 59.0 Å². The number of fused-ring (bicyclic) bond motifs is 1. The fourth-order valence-corrected chi connectivity index (χ4v) is 2.64. The van der Waals surface area contributed by atoms with Crippen LogP contribution in [0.2, 0.25) is 0 Å². The van der Waals surface area contributed by atoms with E-state index in [4.69, 9.17) is 4.42 Å². The van der Waals surface area contributed by atoms with Gasteiger partial charge in [-0.25, -0.2) is 0 Å². The molecule has 0 fully saturated rings. The maximum absolute atomic E-state index is 12.0. The molecule has 0 aliphatic rings. The van der Waals surface area contributed by atoms with E-state index in [2.05, 4.69) is 10.6 Å². The van der Waals surface area contributed by atoms with E-state index in [1.807, 2.05) is 49.4 Å². The number of carbonyl (C=O) groups excluding carboxylic acids is 2. The first kappa shape index (κ1) is 18.7. The van der Waals surface area contributed by atoms with Gasteiger partial charge in [0.1, 0.15) is 16.9 Å². The van der Waals surface area contributed by atoms with Crippen LogP contribution in [0.1, 0.15) is 23.8 Å². The largest absolute Gasteiger partial charge is 0.458 e. The van der Waals surface area contributed by atoms with E-state index in [9.17, 15) is 14.7 Å². The van der Waals surface area contributed by atoms with Crippen molar-refractivity contribution in [2.24, 2.45) is 0 Å². The summed E-state index contributed by atoms with van der Waals surface area (Å²) in [7, 11) is 0. The lowest BCUT2D eigenvalue weighted by Crippen LogP contribution is -2.45. The summed E-state index contributed by atoms with van der Waals surface area (Å²) >= 11 is 0. The predicted molar refractivity (Wildman–Crippen MR) is 102 cm³/mol. The Morgan fingerprint density at radius 3 is 2.41 bits per heavy atom. The molecule has 3 rings (SSSR count). The number of nitrogens with one attached hydrogen (secondary N) is 2. The van der Waals surface area contributed by atoms with E-state index in [0.29, 0.717) is 11.3 Å². The Balaban J connectivity index is 1.55. The van der Waals surface area contributed by atoms with E-state index >= 15 is 0 Å². The molecule has 6 heteroatoms. The number of amides is 2. The van der Waals surface area contributed by atoms with Gasteiger partial charge >= 0.3 is 11.8 Å². The molecule has 1 heterocycles. The first-order valence-corrected chi connectivity index (χ1v) is 8.68. The number of hydrogen-bond donors (Lipinski definition) is 3. The fourth-order valence-electron chi connectivity index (χ4n) is 2.64. The molecule has 0 aliphatic carbocycles. The van der Waals surface area contributed by atoms with Gasteiger partial charge in [-0.2, -0.15) is 0 Å². The molecular formula is C21H22N2O4. The molecule has 0 saturated heterocycles. The minimum absolute atomic E-state index is 0.149. The molecular weight excluding hydrogens is 344 g/mol. The molecule has 6 nitrogen and oxygen atoms in total. The highest BCUT2D eigenvalue weighted by molar-refractivity contribution is 6.35. The van der Waals surface area contributed by atoms with Crippen molar-refractivity contribution in [3.05, 3.63) is 71.5 Å². The molecule has 140 valence electrons. The van der Waals surface area contributed by atoms with Crippen molar-refractivity contribution in [2.75, 3.05) is 6.54 Å². The molecule has 2 amide bonds. The third-order valence-corrected chi connectivity index (χ3v) is 4.33. The van der Waals surface area contributed by atoms with E-state index in [1.165, 1.54) is 6.92 Å². The molecule has 27 heavy (non-hydrogen) atoms. The van der Waals surface area contributed by atoms with Gasteiger partial charge in [-0.1, -0.05) is 48.0 Å². The number of aryl methyl sites for hydroxylation is 1. The Bertz CT molecular complexity index is 925. The van der Waals surface area contributed by atoms with Crippen molar-refractivity contribution in [3.63, 3.8) is 0 Å². The highest BCUT2D eigenvalue weighted by Gasteiger charge is 2.29. The monoisotopic (exact) mass is 366 g/mol. The lowest BCUT2D eigenvalue weighted by molar-refractivity contribution is -0.140. The van der Waals surface area contributed by atoms with Crippen LogP contribution in [0.25, 0.3) is 11.0 Å². The molecule has 0 spiro atoms. The van der Waals surface area contributed by atoms with Crippen LogP contribution >= 0.6 is 0 Å². The van der Waals surface area contributed by atoms with E-state index in [0.717, 1.165) is 16.5 Å². The van der Waals surface area contributed by atoms with Gasteiger partial charge in [-0.3, -0.25) is 9.59 Å². The second-order valence-electron chi connectivity index (χ2n) is 6.77. The van der Waals surface area contributed by atoms with Crippen LogP contribution in [0.3, 0.4) is 0 Å². The number of hydrogen-bond acceptors (Lipinski definition) is 4. The van der Waals surface area contributed by atoms with Crippen LogP contribution < -0.4 is 10.6 Å². The summed E-state index contributed by atoms with van der Waals surface area (Å²) < 4.78 is 5.64. The van der Waals surface area contributed by atoms with Crippen LogP contribution in [0, 0.1) is 6.92 Å². The van der Waals surface area contributed by atoms with Crippen LogP contribution in [-0.4, -0.2) is 23.5 Å². The third-order valence-electron chi connectivity index (χ3n) is 4.33. The van der Waals surface area contributed by atoms with Gasteiger partial charge in [0.25, 0.3) is 0 Å². The first-order valence-electron chi connectivity index (χ1n) is 8.68. The first-order chi connectivity index (χ1) is 12.8. The second-order valence-corrected chi connectivity index (χ2v) is 6.77. The van der Waals surface area contributed by atoms with E-state index in [1.54, 1.807) is 12.1 Å². The van der Waals surface area contributed by atoms with Gasteiger partial charge in [0, 0.05) is 11.9 Å². The quantitative estimate of drug-likeness (QED) is 0.605. The van der Waals surface area contributed by atoms with E-state index < -0.39 is 17.4 Å². The van der Waals surface area contributed by atoms with Gasteiger partial charge in [-0.05, 0) is 31.5 Å². The highest BCUT2D eigenvalue weighted by atomic mass is 16.4. The lowest BCUT2D eigenvalue weighted by atomic mass is 10.0. The predicted octanol–water partition coefficient (Wildman–Crippen LogP) is 2.38. The van der Waals surface area contributed by atoms with Crippen LogP contribution in [0.4, 0.5) is 0 Å².